The molecule has 0 bridgehead atoms. The fourth-order valence-electron chi connectivity index (χ4n) is 1.81. The maximum absolute atomic E-state index is 11.4. The Morgan fingerprint density at radius 1 is 1.44 bits per heavy atom. The van der Waals surface area contributed by atoms with E-state index in [1.807, 2.05) is 0 Å². The van der Waals surface area contributed by atoms with Crippen molar-refractivity contribution < 1.29 is 24.2 Å². The molecular formula is C12H13NO5. The normalized spacial score (nSPS) is 21.2. The van der Waals surface area contributed by atoms with E-state index in [1.54, 1.807) is 19.1 Å². The molecule has 2 N–H and O–H groups in total. The van der Waals surface area contributed by atoms with Crippen LogP contribution in [0.1, 0.15) is 17.3 Å². The SMILES string of the molecule is COC(=O)c1ccc2c(c1)NC(C)C(C(=O)O)O2. The summed E-state index contributed by atoms with van der Waals surface area (Å²) in [5, 5.41) is 12.0. The van der Waals surface area contributed by atoms with Gasteiger partial charge in [0, 0.05) is 0 Å². The van der Waals surface area contributed by atoms with Crippen molar-refractivity contribution in [3.8, 4) is 5.75 Å². The first kappa shape index (κ1) is 12.2. The predicted octanol–water partition coefficient (Wildman–Crippen LogP) is 1.12. The number of carboxylic acids is 1. The minimum absolute atomic E-state index is 0.383. The topological polar surface area (TPSA) is 84.9 Å². The molecule has 0 radical (unpaired) electrons. The van der Waals surface area contributed by atoms with Crippen molar-refractivity contribution in [3.63, 3.8) is 0 Å². The van der Waals surface area contributed by atoms with Crippen molar-refractivity contribution in [2.75, 3.05) is 12.4 Å². The van der Waals surface area contributed by atoms with Crippen molar-refractivity contribution >= 4 is 17.6 Å². The highest BCUT2D eigenvalue weighted by Gasteiger charge is 2.32. The van der Waals surface area contributed by atoms with E-state index in [2.05, 4.69) is 10.1 Å². The van der Waals surface area contributed by atoms with Crippen LogP contribution < -0.4 is 10.1 Å². The van der Waals surface area contributed by atoms with Gasteiger partial charge in [0.25, 0.3) is 0 Å². The second kappa shape index (κ2) is 4.56. The molecular weight excluding hydrogens is 238 g/mol. The minimum Gasteiger partial charge on any atom is -0.478 e. The summed E-state index contributed by atoms with van der Waals surface area (Å²) in [7, 11) is 1.30. The third kappa shape index (κ3) is 2.09. The number of hydrogen-bond donors (Lipinski definition) is 2. The molecule has 6 nitrogen and oxygen atoms in total. The van der Waals surface area contributed by atoms with Crippen LogP contribution in [0.25, 0.3) is 0 Å². The molecule has 2 unspecified atom stereocenters. The maximum atomic E-state index is 11.4. The van der Waals surface area contributed by atoms with Crippen molar-refractivity contribution in [3.05, 3.63) is 23.8 Å². The number of carbonyl (C=O) groups excluding carboxylic acids is 1. The number of hydrogen-bond acceptors (Lipinski definition) is 5. The van der Waals surface area contributed by atoms with Crippen molar-refractivity contribution in [1.82, 2.24) is 0 Å². The third-order valence-electron chi connectivity index (χ3n) is 2.74. The highest BCUT2D eigenvalue weighted by atomic mass is 16.5. The second-order valence-corrected chi connectivity index (χ2v) is 4.01. The summed E-state index contributed by atoms with van der Waals surface area (Å²) in [4.78, 5) is 22.3. The number of fused-ring (bicyclic) bond motifs is 1. The highest BCUT2D eigenvalue weighted by molar-refractivity contribution is 5.91. The van der Waals surface area contributed by atoms with Crippen molar-refractivity contribution in [1.29, 1.82) is 0 Å². The van der Waals surface area contributed by atoms with Crippen LogP contribution in [0, 0.1) is 0 Å². The second-order valence-electron chi connectivity index (χ2n) is 4.01. The number of benzene rings is 1. The molecule has 0 fully saturated rings. The van der Waals surface area contributed by atoms with Crippen LogP contribution in [-0.4, -0.2) is 36.3 Å². The molecule has 1 aromatic rings. The Morgan fingerprint density at radius 3 is 2.78 bits per heavy atom. The Bertz CT molecular complexity index is 499. The van der Waals surface area contributed by atoms with Crippen LogP contribution >= 0.6 is 0 Å². The molecule has 6 heteroatoms. The lowest BCUT2D eigenvalue weighted by atomic mass is 10.1. The van der Waals surface area contributed by atoms with Gasteiger partial charge >= 0.3 is 11.9 Å². The van der Waals surface area contributed by atoms with Crippen LogP contribution in [0.3, 0.4) is 0 Å². The van der Waals surface area contributed by atoms with E-state index < -0.39 is 18.0 Å². The number of rotatable bonds is 2. The number of esters is 1. The fourth-order valence-corrected chi connectivity index (χ4v) is 1.81. The summed E-state index contributed by atoms with van der Waals surface area (Å²) in [5.41, 5.74) is 0.969. The lowest BCUT2D eigenvalue weighted by Gasteiger charge is -2.30. The summed E-state index contributed by atoms with van der Waals surface area (Å²) in [6, 6.07) is 4.27. The van der Waals surface area contributed by atoms with E-state index in [1.165, 1.54) is 13.2 Å². The average Bonchev–Trinajstić information content (AvgIpc) is 2.35. The molecule has 96 valence electrons. The van der Waals surface area contributed by atoms with E-state index in [9.17, 15) is 9.59 Å². The summed E-state index contributed by atoms with van der Waals surface area (Å²) < 4.78 is 9.97. The van der Waals surface area contributed by atoms with Crippen LogP contribution in [0.5, 0.6) is 5.75 Å². The zero-order valence-electron chi connectivity index (χ0n) is 9.97. The van der Waals surface area contributed by atoms with Gasteiger partial charge in [0.1, 0.15) is 5.75 Å². The summed E-state index contributed by atoms with van der Waals surface area (Å²) in [6.07, 6.45) is -0.943. The molecule has 0 amide bonds. The van der Waals surface area contributed by atoms with Crippen LogP contribution in [0.2, 0.25) is 0 Å². The van der Waals surface area contributed by atoms with Gasteiger partial charge in [-0.05, 0) is 25.1 Å². The Balaban J connectivity index is 2.31. The van der Waals surface area contributed by atoms with E-state index >= 15 is 0 Å². The van der Waals surface area contributed by atoms with Crippen LogP contribution in [0.15, 0.2) is 18.2 Å². The molecule has 0 spiro atoms. The molecule has 1 aliphatic heterocycles. The lowest BCUT2D eigenvalue weighted by Crippen LogP contribution is -2.44. The zero-order chi connectivity index (χ0) is 13.3. The summed E-state index contributed by atoms with van der Waals surface area (Å²) in [5.74, 6) is -1.07. The minimum atomic E-state index is -1.03. The number of anilines is 1. The molecule has 2 rings (SSSR count). The number of ether oxygens (including phenoxy) is 2. The van der Waals surface area contributed by atoms with E-state index in [0.29, 0.717) is 17.0 Å². The number of nitrogens with one attached hydrogen (secondary N) is 1. The summed E-state index contributed by atoms with van der Waals surface area (Å²) >= 11 is 0. The summed E-state index contributed by atoms with van der Waals surface area (Å²) in [6.45, 7) is 1.70. The van der Waals surface area contributed by atoms with E-state index in [0.717, 1.165) is 0 Å². The van der Waals surface area contributed by atoms with Gasteiger partial charge in [-0.2, -0.15) is 0 Å². The number of carbonyl (C=O) groups is 2. The van der Waals surface area contributed by atoms with Gasteiger partial charge in [-0.25, -0.2) is 9.59 Å². The maximum Gasteiger partial charge on any atom is 0.347 e. The van der Waals surface area contributed by atoms with Crippen molar-refractivity contribution in [2.45, 2.75) is 19.1 Å². The molecule has 0 saturated carbocycles. The molecule has 2 atom stereocenters. The molecule has 0 aromatic heterocycles. The van der Waals surface area contributed by atoms with E-state index in [-0.39, 0.29) is 6.04 Å². The Hall–Kier alpha value is -2.24. The predicted molar refractivity (Wildman–Crippen MR) is 62.9 cm³/mol. The van der Waals surface area contributed by atoms with Crippen molar-refractivity contribution in [2.24, 2.45) is 0 Å². The van der Waals surface area contributed by atoms with Gasteiger partial charge in [0.2, 0.25) is 6.10 Å². The first-order valence-electron chi connectivity index (χ1n) is 5.41. The van der Waals surface area contributed by atoms with Gasteiger partial charge in [-0.1, -0.05) is 0 Å². The Morgan fingerprint density at radius 2 is 2.17 bits per heavy atom. The molecule has 18 heavy (non-hydrogen) atoms. The number of aliphatic carboxylic acids is 1. The standard InChI is InChI=1S/C12H13NO5/c1-6-10(11(14)15)18-9-4-3-7(12(16)17-2)5-8(9)13-6/h3-6,10,13H,1-2H3,(H,14,15). The first-order chi connectivity index (χ1) is 8.52. The molecule has 1 aliphatic rings. The molecule has 0 aliphatic carbocycles. The number of carboxylic acid groups (broad SMARTS) is 1. The molecule has 1 aromatic carbocycles. The highest BCUT2D eigenvalue weighted by Crippen LogP contribution is 2.32. The smallest absolute Gasteiger partial charge is 0.347 e. The number of methoxy groups -OCH3 is 1. The molecule has 0 saturated heterocycles. The monoisotopic (exact) mass is 251 g/mol. The first-order valence-corrected chi connectivity index (χ1v) is 5.41. The Kier molecular flexibility index (Phi) is 3.10. The fraction of sp³-hybridized carbons (Fsp3) is 0.333. The van der Waals surface area contributed by atoms with Gasteiger partial charge in [-0.3, -0.25) is 0 Å². The average molecular weight is 251 g/mol. The van der Waals surface area contributed by atoms with Gasteiger partial charge in [-0.15, -0.1) is 0 Å². The third-order valence-corrected chi connectivity index (χ3v) is 2.74. The van der Waals surface area contributed by atoms with Crippen LogP contribution in [0.4, 0.5) is 5.69 Å². The lowest BCUT2D eigenvalue weighted by molar-refractivity contribution is -0.145. The van der Waals surface area contributed by atoms with Gasteiger partial charge < -0.3 is 19.9 Å². The van der Waals surface area contributed by atoms with Gasteiger partial charge in [0.05, 0.1) is 24.4 Å². The Labute approximate surface area is 104 Å². The molecule has 1 heterocycles. The van der Waals surface area contributed by atoms with Crippen LogP contribution in [-0.2, 0) is 9.53 Å². The van der Waals surface area contributed by atoms with Gasteiger partial charge in [0.15, 0.2) is 0 Å². The largest absolute Gasteiger partial charge is 0.478 e. The quantitative estimate of drug-likeness (QED) is 0.766. The zero-order valence-corrected chi connectivity index (χ0v) is 9.97. The van der Waals surface area contributed by atoms with E-state index in [4.69, 9.17) is 9.84 Å².